The number of rotatable bonds is 4. The first-order valence-electron chi connectivity index (χ1n) is 4.46. The maximum absolute atomic E-state index is 11.2. The maximum Gasteiger partial charge on any atom is 0.236 e. The van der Waals surface area contributed by atoms with Crippen molar-refractivity contribution in [1.82, 2.24) is 9.88 Å². The van der Waals surface area contributed by atoms with Crippen molar-refractivity contribution in [1.29, 1.82) is 5.26 Å². The number of amides is 1. The summed E-state index contributed by atoms with van der Waals surface area (Å²) in [6, 6.07) is 3.82. The van der Waals surface area contributed by atoms with E-state index in [9.17, 15) is 4.79 Å². The highest BCUT2D eigenvalue weighted by Crippen LogP contribution is 1.99. The van der Waals surface area contributed by atoms with Crippen LogP contribution in [0, 0.1) is 11.3 Å². The van der Waals surface area contributed by atoms with Gasteiger partial charge in [0, 0.05) is 26.0 Å². The first-order valence-corrected chi connectivity index (χ1v) is 4.46. The lowest BCUT2D eigenvalue weighted by molar-refractivity contribution is -0.128. The number of aromatic nitrogens is 1. The summed E-state index contributed by atoms with van der Waals surface area (Å²) in [4.78, 5) is 15.7. The van der Waals surface area contributed by atoms with Crippen LogP contribution in [0.1, 0.15) is 12.0 Å². The fourth-order valence-corrected chi connectivity index (χ4v) is 1.14. The van der Waals surface area contributed by atoms with E-state index in [-0.39, 0.29) is 12.3 Å². The Hall–Kier alpha value is -1.76. The zero-order valence-corrected chi connectivity index (χ0v) is 8.16. The quantitative estimate of drug-likeness (QED) is 0.769. The molecule has 0 spiro atoms. The van der Waals surface area contributed by atoms with Gasteiger partial charge in [-0.2, -0.15) is 5.26 Å². The molecule has 14 heavy (non-hydrogen) atoms. The van der Waals surface area contributed by atoms with Gasteiger partial charge in [-0.15, -0.1) is 0 Å². The molecule has 1 rings (SSSR count). The highest BCUT2D eigenvalue weighted by Gasteiger charge is 2.07. The van der Waals surface area contributed by atoms with E-state index >= 15 is 0 Å². The van der Waals surface area contributed by atoms with Crippen LogP contribution < -0.4 is 0 Å². The molecule has 0 unspecified atom stereocenters. The zero-order valence-electron chi connectivity index (χ0n) is 8.16. The Kier molecular flexibility index (Phi) is 3.74. The maximum atomic E-state index is 11.2. The molecule has 4 heteroatoms. The molecule has 1 aromatic heterocycles. The number of nitrogens with one attached hydrogen (secondary N) is 1. The molecule has 0 fully saturated rings. The largest absolute Gasteiger partial charge is 0.367 e. The van der Waals surface area contributed by atoms with Gasteiger partial charge in [-0.1, -0.05) is 0 Å². The minimum Gasteiger partial charge on any atom is -0.367 e. The average molecular weight is 191 g/mol. The lowest BCUT2D eigenvalue weighted by Crippen LogP contribution is -2.28. The van der Waals surface area contributed by atoms with Gasteiger partial charge < -0.3 is 9.88 Å². The summed E-state index contributed by atoms with van der Waals surface area (Å²) in [6.07, 6.45) is 4.54. The van der Waals surface area contributed by atoms with Crippen molar-refractivity contribution in [2.45, 2.75) is 12.8 Å². The van der Waals surface area contributed by atoms with E-state index in [2.05, 4.69) is 4.98 Å². The molecule has 0 saturated heterocycles. The van der Waals surface area contributed by atoms with Gasteiger partial charge in [0.05, 0.1) is 6.07 Å². The molecule has 1 amide bonds. The van der Waals surface area contributed by atoms with E-state index in [4.69, 9.17) is 5.26 Å². The molecule has 1 N–H and O–H groups in total. The molecule has 0 atom stereocenters. The highest BCUT2D eigenvalue weighted by molar-refractivity contribution is 5.77. The number of hydrogen-bond donors (Lipinski definition) is 1. The van der Waals surface area contributed by atoms with E-state index in [1.807, 2.05) is 24.5 Å². The van der Waals surface area contributed by atoms with Crippen molar-refractivity contribution in [3.63, 3.8) is 0 Å². The number of aromatic amines is 1. The summed E-state index contributed by atoms with van der Waals surface area (Å²) in [5.41, 5.74) is 1.17. The lowest BCUT2D eigenvalue weighted by Gasteiger charge is -2.14. The second-order valence-corrected chi connectivity index (χ2v) is 3.12. The Bertz CT molecular complexity index is 324. The number of carbonyl (C=O) groups is 1. The molecule has 1 aromatic rings. The van der Waals surface area contributed by atoms with Crippen molar-refractivity contribution >= 4 is 5.91 Å². The van der Waals surface area contributed by atoms with E-state index in [1.165, 1.54) is 5.56 Å². The topological polar surface area (TPSA) is 59.9 Å². The van der Waals surface area contributed by atoms with Crippen LogP contribution in [-0.2, 0) is 11.2 Å². The summed E-state index contributed by atoms with van der Waals surface area (Å²) in [7, 11) is 1.71. The fourth-order valence-electron chi connectivity index (χ4n) is 1.14. The monoisotopic (exact) mass is 191 g/mol. The van der Waals surface area contributed by atoms with Crippen LogP contribution in [0.4, 0.5) is 0 Å². The Morgan fingerprint density at radius 2 is 2.50 bits per heavy atom. The normalized spacial score (nSPS) is 9.43. The fraction of sp³-hybridized carbons (Fsp3) is 0.400. The van der Waals surface area contributed by atoms with Gasteiger partial charge in [-0.3, -0.25) is 4.79 Å². The zero-order chi connectivity index (χ0) is 10.4. The summed E-state index contributed by atoms with van der Waals surface area (Å²) >= 11 is 0. The van der Waals surface area contributed by atoms with Gasteiger partial charge in [-0.25, -0.2) is 0 Å². The van der Waals surface area contributed by atoms with E-state index < -0.39 is 0 Å². The van der Waals surface area contributed by atoms with Gasteiger partial charge >= 0.3 is 0 Å². The van der Waals surface area contributed by atoms with Crippen LogP contribution in [0.3, 0.4) is 0 Å². The molecule has 74 valence electrons. The number of nitriles is 1. The Balaban J connectivity index is 2.32. The predicted octanol–water partition coefficient (Wildman–Crippen LogP) is 0.929. The smallest absolute Gasteiger partial charge is 0.236 e. The average Bonchev–Trinajstić information content (AvgIpc) is 2.67. The number of H-pyrrole nitrogens is 1. The third kappa shape index (κ3) is 2.94. The molecule has 0 bridgehead atoms. The SMILES string of the molecule is CN(CCc1cc[nH]c1)C(=O)CC#N. The summed E-state index contributed by atoms with van der Waals surface area (Å²) in [5.74, 6) is -0.122. The lowest BCUT2D eigenvalue weighted by atomic mass is 10.2. The number of carbonyl (C=O) groups excluding carboxylic acids is 1. The van der Waals surface area contributed by atoms with Crippen LogP contribution in [0.2, 0.25) is 0 Å². The van der Waals surface area contributed by atoms with Gasteiger partial charge in [0.1, 0.15) is 6.42 Å². The first kappa shape index (κ1) is 10.3. The molecule has 0 aliphatic carbocycles. The Morgan fingerprint density at radius 1 is 1.71 bits per heavy atom. The van der Waals surface area contributed by atoms with Crippen molar-refractivity contribution < 1.29 is 4.79 Å². The first-order chi connectivity index (χ1) is 6.74. The highest BCUT2D eigenvalue weighted by atomic mass is 16.2. The molecular weight excluding hydrogens is 178 g/mol. The summed E-state index contributed by atoms with van der Waals surface area (Å²) in [6.45, 7) is 0.651. The third-order valence-electron chi connectivity index (χ3n) is 2.05. The van der Waals surface area contributed by atoms with Crippen molar-refractivity contribution in [2.75, 3.05) is 13.6 Å². The Labute approximate surface area is 83.1 Å². The van der Waals surface area contributed by atoms with Crippen molar-refractivity contribution in [2.24, 2.45) is 0 Å². The molecule has 0 radical (unpaired) electrons. The third-order valence-corrected chi connectivity index (χ3v) is 2.05. The number of likely N-dealkylation sites (N-methyl/N-ethyl adjacent to an activating group) is 1. The molecule has 0 saturated carbocycles. The number of nitrogens with zero attached hydrogens (tertiary/aromatic N) is 2. The van der Waals surface area contributed by atoms with Crippen molar-refractivity contribution in [3.8, 4) is 6.07 Å². The summed E-state index contributed by atoms with van der Waals surface area (Å²) < 4.78 is 0. The van der Waals surface area contributed by atoms with E-state index in [0.717, 1.165) is 6.42 Å². The van der Waals surface area contributed by atoms with Crippen LogP contribution in [0.5, 0.6) is 0 Å². The van der Waals surface area contributed by atoms with Gasteiger partial charge in [-0.05, 0) is 18.1 Å². The second-order valence-electron chi connectivity index (χ2n) is 3.12. The second kappa shape index (κ2) is 5.07. The standard InChI is InChI=1S/C10H13N3O/c1-13(10(14)2-5-11)7-4-9-3-6-12-8-9/h3,6,8,12H,2,4,7H2,1H3. The van der Waals surface area contributed by atoms with Crippen molar-refractivity contribution in [3.05, 3.63) is 24.0 Å². The van der Waals surface area contributed by atoms with E-state index in [0.29, 0.717) is 6.54 Å². The number of hydrogen-bond acceptors (Lipinski definition) is 2. The van der Waals surface area contributed by atoms with E-state index in [1.54, 1.807) is 11.9 Å². The molecule has 0 aliphatic rings. The molecule has 0 aromatic carbocycles. The van der Waals surface area contributed by atoms with Gasteiger partial charge in [0.15, 0.2) is 0 Å². The minimum absolute atomic E-state index is 0.0381. The van der Waals surface area contributed by atoms with Gasteiger partial charge in [0.2, 0.25) is 5.91 Å². The molecule has 4 nitrogen and oxygen atoms in total. The predicted molar refractivity (Wildman–Crippen MR) is 52.4 cm³/mol. The minimum atomic E-state index is -0.122. The molecule has 1 heterocycles. The van der Waals surface area contributed by atoms with Crippen LogP contribution in [0.15, 0.2) is 18.5 Å². The van der Waals surface area contributed by atoms with Crippen LogP contribution in [0.25, 0.3) is 0 Å². The van der Waals surface area contributed by atoms with Crippen LogP contribution >= 0.6 is 0 Å². The molecule has 0 aliphatic heterocycles. The summed E-state index contributed by atoms with van der Waals surface area (Å²) in [5, 5.41) is 8.34. The van der Waals surface area contributed by atoms with Gasteiger partial charge in [0.25, 0.3) is 0 Å². The van der Waals surface area contributed by atoms with Crippen LogP contribution in [-0.4, -0.2) is 29.4 Å². The Morgan fingerprint density at radius 3 is 3.07 bits per heavy atom. The molecular formula is C10H13N3O.